The summed E-state index contributed by atoms with van der Waals surface area (Å²) < 4.78 is 11.9. The van der Waals surface area contributed by atoms with E-state index in [1.165, 1.54) is 173 Å². The fourth-order valence-corrected chi connectivity index (χ4v) is 9.50. The minimum atomic E-state index is -0.357. The van der Waals surface area contributed by atoms with Crippen LogP contribution >= 0.6 is 0 Å². The van der Waals surface area contributed by atoms with Crippen LogP contribution in [0.2, 0.25) is 0 Å². The Kier molecular flexibility index (Phi) is 49.8. The molecular formula is C58H116N2O5. The minimum absolute atomic E-state index is 0.0105. The Balaban J connectivity index is 4.45. The Morgan fingerprint density at radius 2 is 0.846 bits per heavy atom. The van der Waals surface area contributed by atoms with Gasteiger partial charge in [-0.3, -0.25) is 14.9 Å². The maximum Gasteiger partial charge on any atom is 0.308 e. The van der Waals surface area contributed by atoms with E-state index in [0.717, 1.165) is 109 Å². The zero-order valence-corrected chi connectivity index (χ0v) is 44.9. The van der Waals surface area contributed by atoms with Crippen molar-refractivity contribution in [3.63, 3.8) is 0 Å². The second-order valence-electron chi connectivity index (χ2n) is 20.7. The molecule has 0 saturated carbocycles. The highest BCUT2D eigenvalue weighted by Gasteiger charge is 2.20. The molecule has 0 saturated heterocycles. The number of aliphatic hydroxyl groups excluding tert-OH is 1. The van der Waals surface area contributed by atoms with Gasteiger partial charge in [0.05, 0.1) is 12.5 Å². The molecule has 4 atom stereocenters. The lowest BCUT2D eigenvalue weighted by atomic mass is 9.92. The molecule has 0 heterocycles. The predicted octanol–water partition coefficient (Wildman–Crippen LogP) is 17.0. The number of nitrogens with zero attached hydrogens (tertiary/aromatic N) is 1. The molecule has 0 aliphatic rings. The summed E-state index contributed by atoms with van der Waals surface area (Å²) in [6, 6.07) is 0. The zero-order chi connectivity index (χ0) is 47.7. The zero-order valence-electron chi connectivity index (χ0n) is 44.9. The highest BCUT2D eigenvalue weighted by Crippen LogP contribution is 2.24. The van der Waals surface area contributed by atoms with Gasteiger partial charge in [0.2, 0.25) is 0 Å². The van der Waals surface area contributed by atoms with E-state index < -0.39 is 0 Å². The summed E-state index contributed by atoms with van der Waals surface area (Å²) in [7, 11) is 4.17. The lowest BCUT2D eigenvalue weighted by Gasteiger charge is -2.24. The third kappa shape index (κ3) is 45.1. The van der Waals surface area contributed by atoms with Crippen LogP contribution in [0.3, 0.4) is 0 Å². The van der Waals surface area contributed by atoms with E-state index in [1.54, 1.807) is 0 Å². The molecule has 7 nitrogen and oxygen atoms in total. The van der Waals surface area contributed by atoms with Crippen molar-refractivity contribution in [1.82, 2.24) is 10.2 Å². The van der Waals surface area contributed by atoms with Gasteiger partial charge in [-0.15, -0.1) is 0 Å². The van der Waals surface area contributed by atoms with Crippen LogP contribution in [0.25, 0.3) is 0 Å². The van der Waals surface area contributed by atoms with Crippen molar-refractivity contribution in [3.8, 4) is 0 Å². The van der Waals surface area contributed by atoms with Gasteiger partial charge in [-0.25, -0.2) is 0 Å². The highest BCUT2D eigenvalue weighted by atomic mass is 16.5. The molecule has 0 amide bonds. The number of rotatable bonds is 53. The molecule has 0 radical (unpaired) electrons. The molecule has 0 aromatic rings. The third-order valence-electron chi connectivity index (χ3n) is 14.0. The van der Waals surface area contributed by atoms with Gasteiger partial charge in [-0.2, -0.15) is 0 Å². The number of carbonyl (C=O) groups excluding carboxylic acids is 2. The van der Waals surface area contributed by atoms with Gasteiger partial charge in [-0.1, -0.05) is 220 Å². The van der Waals surface area contributed by atoms with E-state index in [0.29, 0.717) is 18.9 Å². The number of carbonyl (C=O) groups is 2. The second-order valence-corrected chi connectivity index (χ2v) is 20.7. The Labute approximate surface area is 406 Å². The summed E-state index contributed by atoms with van der Waals surface area (Å²) in [5.41, 5.74) is 0. The number of esters is 2. The maximum absolute atomic E-state index is 13.0. The molecule has 0 fully saturated rings. The molecule has 7 heteroatoms. The van der Waals surface area contributed by atoms with Crippen LogP contribution in [0.4, 0.5) is 0 Å². The van der Waals surface area contributed by atoms with Gasteiger partial charge in [0.1, 0.15) is 12.3 Å². The van der Waals surface area contributed by atoms with Crippen molar-refractivity contribution >= 4 is 11.9 Å². The monoisotopic (exact) mass is 921 g/mol. The average molecular weight is 922 g/mol. The van der Waals surface area contributed by atoms with Crippen molar-refractivity contribution in [2.75, 3.05) is 33.8 Å². The van der Waals surface area contributed by atoms with Crippen molar-refractivity contribution in [3.05, 3.63) is 0 Å². The standard InChI is InChI=1S/C58H116N2O5/c1-7-11-15-19-27-35-44-53(43-33-17-13-9-3)57(62)59-50-40-31-25-21-23-29-37-47-55(65-56(61)49-39-41-51-60(5)6)48-38-30-24-22-26-32-42-52-64-58(63)54(45-34-18-14-10-4)46-36-28-20-16-12-8-2/h53-55,57,59,62H,7-52H2,1-6H3. The summed E-state index contributed by atoms with van der Waals surface area (Å²) in [4.78, 5) is 28.0. The van der Waals surface area contributed by atoms with Crippen LogP contribution in [0.5, 0.6) is 0 Å². The molecule has 65 heavy (non-hydrogen) atoms. The normalized spacial score (nSPS) is 13.6. The van der Waals surface area contributed by atoms with E-state index in [1.807, 2.05) is 0 Å². The molecule has 388 valence electrons. The van der Waals surface area contributed by atoms with Gasteiger partial charge in [0, 0.05) is 6.42 Å². The summed E-state index contributed by atoms with van der Waals surface area (Å²) >= 11 is 0. The first-order chi connectivity index (χ1) is 31.8. The smallest absolute Gasteiger partial charge is 0.308 e. The van der Waals surface area contributed by atoms with Crippen molar-refractivity contribution in [2.45, 2.75) is 316 Å². The fourth-order valence-electron chi connectivity index (χ4n) is 9.50. The molecule has 0 aliphatic carbocycles. The molecule has 2 N–H and O–H groups in total. The Bertz CT molecular complexity index is 978. The SMILES string of the molecule is CCCCCCCCC(CCCCCC)C(=O)OCCCCCCCCCC(CCCCCCCCCNC(O)C(CCCCCC)CCCCCCCC)OC(=O)CCCCN(C)C. The Morgan fingerprint density at radius 3 is 1.31 bits per heavy atom. The topological polar surface area (TPSA) is 88.1 Å². The summed E-state index contributed by atoms with van der Waals surface area (Å²) in [6.07, 6.45) is 50.4. The molecule has 0 aliphatic heterocycles. The largest absolute Gasteiger partial charge is 0.465 e. The van der Waals surface area contributed by atoms with Crippen LogP contribution in [-0.4, -0.2) is 68.1 Å². The second kappa shape index (κ2) is 50.7. The van der Waals surface area contributed by atoms with E-state index in [2.05, 4.69) is 52.0 Å². The van der Waals surface area contributed by atoms with Crippen molar-refractivity contribution in [1.29, 1.82) is 0 Å². The lowest BCUT2D eigenvalue weighted by Crippen LogP contribution is -2.36. The molecular weight excluding hydrogens is 805 g/mol. The molecule has 4 unspecified atom stereocenters. The van der Waals surface area contributed by atoms with Gasteiger partial charge in [-0.05, 0) is 110 Å². The first kappa shape index (κ1) is 63.8. The highest BCUT2D eigenvalue weighted by molar-refractivity contribution is 5.72. The van der Waals surface area contributed by atoms with E-state index in [-0.39, 0.29) is 30.2 Å². The van der Waals surface area contributed by atoms with Crippen LogP contribution in [0, 0.1) is 11.8 Å². The third-order valence-corrected chi connectivity index (χ3v) is 14.0. The maximum atomic E-state index is 13.0. The van der Waals surface area contributed by atoms with Gasteiger partial charge >= 0.3 is 11.9 Å². The number of hydrogen-bond donors (Lipinski definition) is 2. The van der Waals surface area contributed by atoms with Gasteiger partial charge in [0.15, 0.2) is 0 Å². The van der Waals surface area contributed by atoms with Crippen LogP contribution in [-0.2, 0) is 19.1 Å². The number of aliphatic hydroxyl groups is 1. The molecule has 0 bridgehead atoms. The molecule has 0 rings (SSSR count). The fraction of sp³-hybridized carbons (Fsp3) is 0.966. The minimum Gasteiger partial charge on any atom is -0.465 e. The Hall–Kier alpha value is -1.18. The lowest BCUT2D eigenvalue weighted by molar-refractivity contribution is -0.150. The van der Waals surface area contributed by atoms with Crippen LogP contribution in [0.15, 0.2) is 0 Å². The van der Waals surface area contributed by atoms with E-state index in [9.17, 15) is 14.7 Å². The molecule has 0 spiro atoms. The Morgan fingerprint density at radius 1 is 0.462 bits per heavy atom. The number of nitrogens with one attached hydrogen (secondary N) is 1. The first-order valence-corrected chi connectivity index (χ1v) is 29.2. The van der Waals surface area contributed by atoms with E-state index >= 15 is 0 Å². The van der Waals surface area contributed by atoms with Crippen LogP contribution < -0.4 is 5.32 Å². The van der Waals surface area contributed by atoms with Gasteiger partial charge < -0.3 is 19.5 Å². The first-order valence-electron chi connectivity index (χ1n) is 29.2. The van der Waals surface area contributed by atoms with E-state index in [4.69, 9.17) is 9.47 Å². The molecule has 0 aromatic heterocycles. The van der Waals surface area contributed by atoms with Crippen molar-refractivity contribution < 1.29 is 24.2 Å². The summed E-state index contributed by atoms with van der Waals surface area (Å²) in [5, 5.41) is 14.5. The number of ether oxygens (including phenoxy) is 2. The van der Waals surface area contributed by atoms with Crippen LogP contribution in [0.1, 0.15) is 304 Å². The summed E-state index contributed by atoms with van der Waals surface area (Å²) in [5.74, 6) is 0.539. The van der Waals surface area contributed by atoms with Crippen molar-refractivity contribution in [2.24, 2.45) is 11.8 Å². The van der Waals surface area contributed by atoms with Gasteiger partial charge in [0.25, 0.3) is 0 Å². The quantitative estimate of drug-likeness (QED) is 0.0357. The average Bonchev–Trinajstić information content (AvgIpc) is 3.29. The summed E-state index contributed by atoms with van der Waals surface area (Å²) in [6.45, 7) is 11.6. The number of unbranched alkanes of at least 4 members (excludes halogenated alkanes) is 29. The predicted molar refractivity (Wildman–Crippen MR) is 282 cm³/mol. The number of hydrogen-bond acceptors (Lipinski definition) is 7. The molecule has 0 aromatic carbocycles.